The van der Waals surface area contributed by atoms with Crippen molar-refractivity contribution < 1.29 is 19.1 Å². The lowest BCUT2D eigenvalue weighted by Crippen LogP contribution is -2.32. The third-order valence-corrected chi connectivity index (χ3v) is 6.08. The lowest BCUT2D eigenvalue weighted by molar-refractivity contribution is -0.120. The number of carbonyl (C=O) groups is 2. The zero-order chi connectivity index (χ0) is 22.7. The summed E-state index contributed by atoms with van der Waals surface area (Å²) >= 11 is 7.37. The second kappa shape index (κ2) is 9.38. The van der Waals surface area contributed by atoms with Gasteiger partial charge >= 0.3 is 0 Å². The predicted octanol–water partition coefficient (Wildman–Crippen LogP) is 5.35. The first-order valence-corrected chi connectivity index (χ1v) is 10.8. The smallest absolute Gasteiger partial charge is 0.283 e. The molecule has 0 aromatic heterocycles. The maximum atomic E-state index is 13.5. The summed E-state index contributed by atoms with van der Waals surface area (Å²) in [4.78, 5) is 29.2. The Bertz CT molecular complexity index is 1210. The van der Waals surface area contributed by atoms with Crippen LogP contribution in [0.3, 0.4) is 0 Å². The van der Waals surface area contributed by atoms with Crippen LogP contribution in [0.1, 0.15) is 0 Å². The van der Waals surface area contributed by atoms with Crippen LogP contribution in [0.25, 0.3) is 0 Å². The minimum absolute atomic E-state index is 0.149. The number of methoxy groups -OCH3 is 2. The number of hydrogen-bond acceptors (Lipinski definition) is 6. The molecule has 1 aliphatic rings. The van der Waals surface area contributed by atoms with E-state index in [1.165, 1.54) is 24.9 Å². The van der Waals surface area contributed by atoms with Crippen LogP contribution in [-0.4, -0.2) is 26.0 Å². The van der Waals surface area contributed by atoms with Gasteiger partial charge in [-0.2, -0.15) is 0 Å². The Kier molecular flexibility index (Phi) is 6.39. The lowest BCUT2D eigenvalue weighted by Gasteiger charge is -2.18. The second-order valence-corrected chi connectivity index (χ2v) is 8.23. The lowest BCUT2D eigenvalue weighted by atomic mass is 10.2. The van der Waals surface area contributed by atoms with Gasteiger partial charge in [0.05, 0.1) is 25.6 Å². The topological polar surface area (TPSA) is 67.9 Å². The number of para-hydroxylation sites is 2. The van der Waals surface area contributed by atoms with Crippen LogP contribution in [-0.2, 0) is 9.59 Å². The van der Waals surface area contributed by atoms with Crippen molar-refractivity contribution in [2.75, 3.05) is 24.4 Å². The van der Waals surface area contributed by atoms with Crippen molar-refractivity contribution in [2.24, 2.45) is 0 Å². The van der Waals surface area contributed by atoms with Crippen molar-refractivity contribution in [1.29, 1.82) is 0 Å². The van der Waals surface area contributed by atoms with E-state index in [0.29, 0.717) is 22.2 Å². The second-order valence-electron chi connectivity index (χ2n) is 6.71. The molecule has 1 N–H and O–H groups in total. The SMILES string of the molecule is COc1ccccc1NC1=C(Sc2ccccc2)C(=O)N(c2cc(Cl)ccc2OC)C1=O. The van der Waals surface area contributed by atoms with Gasteiger partial charge in [0.1, 0.15) is 22.1 Å². The van der Waals surface area contributed by atoms with E-state index < -0.39 is 11.8 Å². The quantitative estimate of drug-likeness (QED) is 0.474. The molecule has 3 aromatic carbocycles. The van der Waals surface area contributed by atoms with Crippen molar-refractivity contribution in [3.63, 3.8) is 0 Å². The molecule has 2 amide bonds. The van der Waals surface area contributed by atoms with Crippen LogP contribution in [0.5, 0.6) is 11.5 Å². The van der Waals surface area contributed by atoms with Gasteiger partial charge in [-0.25, -0.2) is 4.90 Å². The van der Waals surface area contributed by atoms with Gasteiger partial charge in [0.25, 0.3) is 11.8 Å². The van der Waals surface area contributed by atoms with Crippen molar-refractivity contribution in [3.8, 4) is 11.5 Å². The number of carbonyl (C=O) groups excluding carboxylic acids is 2. The highest BCUT2D eigenvalue weighted by molar-refractivity contribution is 8.04. The van der Waals surface area contributed by atoms with Crippen molar-refractivity contribution in [3.05, 3.63) is 88.4 Å². The largest absolute Gasteiger partial charge is 0.495 e. The van der Waals surface area contributed by atoms with E-state index in [1.54, 1.807) is 31.4 Å². The van der Waals surface area contributed by atoms with Crippen molar-refractivity contribution in [2.45, 2.75) is 4.90 Å². The minimum Gasteiger partial charge on any atom is -0.495 e. The van der Waals surface area contributed by atoms with Gasteiger partial charge in [0.15, 0.2) is 0 Å². The third-order valence-electron chi connectivity index (χ3n) is 4.75. The number of hydrogen-bond donors (Lipinski definition) is 1. The Hall–Kier alpha value is -3.42. The van der Waals surface area contributed by atoms with E-state index >= 15 is 0 Å². The number of imide groups is 1. The van der Waals surface area contributed by atoms with E-state index in [1.807, 2.05) is 42.5 Å². The normalized spacial score (nSPS) is 13.5. The van der Waals surface area contributed by atoms with Crippen LogP contribution < -0.4 is 19.7 Å². The zero-order valence-corrected chi connectivity index (χ0v) is 18.9. The Morgan fingerprint density at radius 2 is 1.53 bits per heavy atom. The number of nitrogens with one attached hydrogen (secondary N) is 1. The summed E-state index contributed by atoms with van der Waals surface area (Å²) in [5.74, 6) is -0.0801. The average molecular weight is 467 g/mol. The molecule has 0 fully saturated rings. The Morgan fingerprint density at radius 1 is 0.844 bits per heavy atom. The first-order chi connectivity index (χ1) is 15.5. The number of nitrogens with zero attached hydrogens (tertiary/aromatic N) is 1. The maximum Gasteiger partial charge on any atom is 0.283 e. The van der Waals surface area contributed by atoms with Gasteiger partial charge in [-0.15, -0.1) is 0 Å². The predicted molar refractivity (Wildman–Crippen MR) is 126 cm³/mol. The molecule has 0 aliphatic carbocycles. The summed E-state index contributed by atoms with van der Waals surface area (Å²) in [5.41, 5.74) is 0.991. The van der Waals surface area contributed by atoms with E-state index in [4.69, 9.17) is 21.1 Å². The fourth-order valence-corrected chi connectivity index (χ4v) is 4.37. The Labute approximate surface area is 194 Å². The zero-order valence-electron chi connectivity index (χ0n) is 17.3. The maximum absolute atomic E-state index is 13.5. The monoisotopic (exact) mass is 466 g/mol. The molecule has 1 heterocycles. The summed E-state index contributed by atoms with van der Waals surface area (Å²) in [7, 11) is 3.01. The van der Waals surface area contributed by atoms with E-state index in [-0.39, 0.29) is 16.3 Å². The highest BCUT2D eigenvalue weighted by atomic mass is 35.5. The van der Waals surface area contributed by atoms with Gasteiger partial charge in [-0.05, 0) is 42.5 Å². The molecule has 0 radical (unpaired) electrons. The van der Waals surface area contributed by atoms with Crippen LogP contribution in [0.15, 0.2) is 88.3 Å². The van der Waals surface area contributed by atoms with Crippen LogP contribution >= 0.6 is 23.4 Å². The molecular weight excluding hydrogens is 448 g/mol. The molecule has 32 heavy (non-hydrogen) atoms. The minimum atomic E-state index is -0.514. The summed E-state index contributed by atoms with van der Waals surface area (Å²) in [6.45, 7) is 0. The number of benzene rings is 3. The average Bonchev–Trinajstić information content (AvgIpc) is 3.04. The summed E-state index contributed by atoms with van der Waals surface area (Å²) < 4.78 is 10.8. The third kappa shape index (κ3) is 4.17. The first kappa shape index (κ1) is 21.8. The van der Waals surface area contributed by atoms with Gasteiger partial charge in [0.2, 0.25) is 0 Å². The molecule has 8 heteroatoms. The van der Waals surface area contributed by atoms with E-state index in [0.717, 1.165) is 9.80 Å². The Morgan fingerprint density at radius 3 is 2.25 bits per heavy atom. The summed E-state index contributed by atoms with van der Waals surface area (Å²) in [6.07, 6.45) is 0. The first-order valence-electron chi connectivity index (χ1n) is 9.63. The van der Waals surface area contributed by atoms with Crippen LogP contribution in [0.2, 0.25) is 5.02 Å². The number of rotatable bonds is 7. The summed E-state index contributed by atoms with van der Waals surface area (Å²) in [6, 6.07) is 21.3. The molecule has 4 rings (SSSR count). The number of ether oxygens (including phenoxy) is 2. The number of amides is 2. The van der Waals surface area contributed by atoms with Crippen molar-refractivity contribution in [1.82, 2.24) is 0 Å². The molecule has 0 atom stereocenters. The molecule has 0 unspecified atom stereocenters. The summed E-state index contributed by atoms with van der Waals surface area (Å²) in [5, 5.41) is 3.49. The molecule has 0 bridgehead atoms. The molecule has 0 saturated heterocycles. The van der Waals surface area contributed by atoms with E-state index in [2.05, 4.69) is 5.32 Å². The molecule has 0 spiro atoms. The highest BCUT2D eigenvalue weighted by Gasteiger charge is 2.41. The van der Waals surface area contributed by atoms with Crippen LogP contribution in [0.4, 0.5) is 11.4 Å². The Balaban J connectivity index is 1.81. The number of thioether (sulfide) groups is 1. The fraction of sp³-hybridized carbons (Fsp3) is 0.0833. The van der Waals surface area contributed by atoms with Gasteiger partial charge < -0.3 is 14.8 Å². The van der Waals surface area contributed by atoms with E-state index in [9.17, 15) is 9.59 Å². The standard InChI is InChI=1S/C24H19ClN2O4S/c1-30-19-11-7-6-10-17(19)26-21-22(32-16-8-4-3-5-9-16)24(29)27(23(21)28)18-14-15(25)12-13-20(18)31-2/h3-14,26H,1-2H3. The fourth-order valence-electron chi connectivity index (χ4n) is 3.26. The molecule has 6 nitrogen and oxygen atoms in total. The van der Waals surface area contributed by atoms with Crippen LogP contribution in [0, 0.1) is 0 Å². The molecule has 1 aliphatic heterocycles. The molecule has 0 saturated carbocycles. The van der Waals surface area contributed by atoms with Gasteiger partial charge in [0, 0.05) is 9.92 Å². The van der Waals surface area contributed by atoms with Crippen molar-refractivity contribution >= 4 is 46.6 Å². The van der Waals surface area contributed by atoms with Gasteiger partial charge in [-0.3, -0.25) is 9.59 Å². The van der Waals surface area contributed by atoms with Gasteiger partial charge in [-0.1, -0.05) is 53.7 Å². The number of halogens is 1. The molecular formula is C24H19ClN2O4S. The number of anilines is 2. The molecule has 162 valence electrons. The molecule has 3 aromatic rings. The highest BCUT2D eigenvalue weighted by Crippen LogP contribution is 2.41.